The molecule has 0 fully saturated rings. The second kappa shape index (κ2) is 26.2. The number of carboxylic acid groups (broad SMARTS) is 2. The molecular weight excluding hydrogens is 996 g/mol. The molecule has 0 heterocycles. The van der Waals surface area contributed by atoms with Crippen molar-refractivity contribution in [2.75, 3.05) is 13.2 Å². The van der Waals surface area contributed by atoms with E-state index in [0.717, 1.165) is 21.7 Å². The number of rotatable bonds is 16. The van der Waals surface area contributed by atoms with E-state index in [9.17, 15) is 48.4 Å². The van der Waals surface area contributed by atoms with Crippen LogP contribution in [0.2, 0.25) is 10.0 Å². The lowest BCUT2D eigenvalue weighted by Crippen LogP contribution is -2.45. The van der Waals surface area contributed by atoms with E-state index in [4.69, 9.17) is 42.7 Å². The molecule has 4 rings (SSSR count). The Balaban J connectivity index is 0.000000389. The van der Waals surface area contributed by atoms with Crippen LogP contribution >= 0.6 is 39.1 Å². The van der Waals surface area contributed by atoms with Gasteiger partial charge in [0.05, 0.1) is 24.0 Å². The van der Waals surface area contributed by atoms with Gasteiger partial charge in [0.25, 0.3) is 0 Å². The van der Waals surface area contributed by atoms with Crippen molar-refractivity contribution in [2.45, 2.75) is 104 Å². The quantitative estimate of drug-likeness (QED) is 0.0494. The van der Waals surface area contributed by atoms with E-state index in [2.05, 4.69) is 26.6 Å². The third-order valence-corrected chi connectivity index (χ3v) is 10.9. The third kappa shape index (κ3) is 20.8. The molecule has 0 radical (unpaired) electrons. The molecule has 4 aromatic carbocycles. The maximum atomic E-state index is 14.1. The fourth-order valence-electron chi connectivity index (χ4n) is 6.26. The maximum absolute atomic E-state index is 14.1. The van der Waals surface area contributed by atoms with Gasteiger partial charge in [-0.15, -0.1) is 0 Å². The van der Waals surface area contributed by atoms with Crippen LogP contribution in [-0.4, -0.2) is 98.2 Å². The number of carbonyl (C=O) groups is 4. The highest BCUT2D eigenvalue weighted by Crippen LogP contribution is 2.29. The lowest BCUT2D eigenvalue weighted by Gasteiger charge is -2.29. The SMILES string of the molecule is CC(C)(C)OC(=O)N[C@H](Cc1ccc(-c2cc(Cl)ccc2F)cc1)C[C@@](C)(CO)C(=O)O.CC(C)(C)OC(=O)N[C@H](Cc1ccc(Br)cc1)C[C@@](C)(CO)C(=O)O.OB(O)c1cc(Cl)ccc1F. The molecule has 372 valence electrons. The lowest BCUT2D eigenvalue weighted by molar-refractivity contribution is -0.152. The zero-order valence-electron chi connectivity index (χ0n) is 39.1. The van der Waals surface area contributed by atoms with Gasteiger partial charge in [0.15, 0.2) is 0 Å². The fraction of sp³-hybridized carbons (Fsp3) is 0.417. The number of hydrogen-bond donors (Lipinski definition) is 8. The minimum atomic E-state index is -1.81. The third-order valence-electron chi connectivity index (χ3n) is 9.87. The van der Waals surface area contributed by atoms with Crippen molar-refractivity contribution < 1.29 is 67.9 Å². The van der Waals surface area contributed by atoms with Gasteiger partial charge in [0.2, 0.25) is 0 Å². The summed E-state index contributed by atoms with van der Waals surface area (Å²) in [5.74, 6) is -3.35. The number of benzene rings is 4. The molecule has 4 atom stereocenters. The molecule has 0 bridgehead atoms. The summed E-state index contributed by atoms with van der Waals surface area (Å²) in [4.78, 5) is 47.6. The first-order valence-corrected chi connectivity index (χ1v) is 22.7. The van der Waals surface area contributed by atoms with Crippen LogP contribution in [0.5, 0.6) is 0 Å². The number of aliphatic hydroxyl groups excluding tert-OH is 2. The van der Waals surface area contributed by atoms with Crippen LogP contribution < -0.4 is 16.1 Å². The standard InChI is InChI=1S/C24H29ClFNO5.C18H26BrNO5.C6H5BClFO2/c1-23(2,3)32-22(31)27-18(13-24(4,14-28)21(29)30)11-15-5-7-16(8-6-15)19-12-17(25)9-10-20(19)26;1-17(2,3)25-16(24)20-14(10-18(4,11-21)15(22)23)9-12-5-7-13(19)8-6-12;8-4-1-2-6(9)5(3-4)7(10)11/h5-10,12,18,28H,11,13-14H2,1-4H3,(H,27,31)(H,29,30);5-8,14,21H,9-11H2,1-4H3,(H,20,24)(H,22,23);1-3,10-11H/t18-,24+;14-,18+;/m11./s1. The highest BCUT2D eigenvalue weighted by atomic mass is 79.9. The van der Waals surface area contributed by atoms with Crippen molar-refractivity contribution in [3.8, 4) is 11.1 Å². The predicted octanol–water partition coefficient (Wildman–Crippen LogP) is 8.57. The van der Waals surface area contributed by atoms with Crippen molar-refractivity contribution in [3.05, 3.63) is 122 Å². The van der Waals surface area contributed by atoms with Crippen molar-refractivity contribution in [2.24, 2.45) is 10.8 Å². The topological polar surface area (TPSA) is 232 Å². The number of alkyl carbamates (subject to hydrolysis) is 2. The molecule has 8 N–H and O–H groups in total. The highest BCUT2D eigenvalue weighted by molar-refractivity contribution is 9.10. The van der Waals surface area contributed by atoms with Gasteiger partial charge in [0.1, 0.15) is 22.8 Å². The Hall–Kier alpha value is -4.82. The molecule has 0 aromatic heterocycles. The van der Waals surface area contributed by atoms with Gasteiger partial charge in [0, 0.05) is 37.6 Å². The molecule has 0 aliphatic carbocycles. The molecule has 68 heavy (non-hydrogen) atoms. The summed E-state index contributed by atoms with van der Waals surface area (Å²) in [7, 11) is -1.81. The average Bonchev–Trinajstić information content (AvgIpc) is 3.22. The van der Waals surface area contributed by atoms with Crippen molar-refractivity contribution >= 4 is 75.8 Å². The van der Waals surface area contributed by atoms with E-state index >= 15 is 0 Å². The Bertz CT molecular complexity index is 2300. The molecular formula is C48H60BBrCl2F2N2O12. The molecule has 0 spiro atoms. The molecule has 0 aliphatic heterocycles. The zero-order chi connectivity index (χ0) is 51.8. The zero-order valence-corrected chi connectivity index (χ0v) is 42.2. The average molecular weight is 1060 g/mol. The molecule has 2 amide bonds. The first-order chi connectivity index (χ1) is 31.4. The minimum Gasteiger partial charge on any atom is -0.481 e. The van der Waals surface area contributed by atoms with Crippen LogP contribution in [-0.2, 0) is 31.9 Å². The molecule has 20 heteroatoms. The lowest BCUT2D eigenvalue weighted by atomic mass is 9.80. The van der Waals surface area contributed by atoms with E-state index in [1.165, 1.54) is 44.2 Å². The molecule has 4 aromatic rings. The number of aliphatic carboxylic acids is 2. The van der Waals surface area contributed by atoms with Crippen LogP contribution in [0.1, 0.15) is 79.4 Å². The number of amides is 2. The van der Waals surface area contributed by atoms with Crippen molar-refractivity contribution in [1.82, 2.24) is 10.6 Å². The summed E-state index contributed by atoms with van der Waals surface area (Å²) in [6.07, 6.45) is -0.502. The van der Waals surface area contributed by atoms with Gasteiger partial charge in [-0.2, -0.15) is 0 Å². The van der Waals surface area contributed by atoms with Gasteiger partial charge in [-0.05, 0) is 146 Å². The molecule has 0 aliphatic rings. The van der Waals surface area contributed by atoms with Gasteiger partial charge < -0.3 is 50.6 Å². The van der Waals surface area contributed by atoms with Crippen molar-refractivity contribution in [3.63, 3.8) is 0 Å². The number of aliphatic hydroxyl groups is 2. The molecule has 14 nitrogen and oxygen atoms in total. The van der Waals surface area contributed by atoms with Crippen LogP contribution in [0.25, 0.3) is 11.1 Å². The summed E-state index contributed by atoms with van der Waals surface area (Å²) < 4.78 is 38.3. The largest absolute Gasteiger partial charge is 0.491 e. The number of nitrogens with one attached hydrogen (secondary N) is 2. The van der Waals surface area contributed by atoms with E-state index in [1.54, 1.807) is 65.8 Å². The molecule has 0 unspecified atom stereocenters. The minimum absolute atomic E-state index is 0.0112. The Labute approximate surface area is 414 Å². The van der Waals surface area contributed by atoms with E-state index in [1.807, 2.05) is 24.3 Å². The summed E-state index contributed by atoms with van der Waals surface area (Å²) >= 11 is 14.8. The number of halogens is 5. The Morgan fingerprint density at radius 2 is 1.01 bits per heavy atom. The summed E-state index contributed by atoms with van der Waals surface area (Å²) in [6, 6.07) is 21.3. The second-order valence-electron chi connectivity index (χ2n) is 18.5. The van der Waals surface area contributed by atoms with Gasteiger partial charge in [-0.25, -0.2) is 18.4 Å². The first-order valence-electron chi connectivity index (χ1n) is 21.2. The van der Waals surface area contributed by atoms with Gasteiger partial charge in [-0.3, -0.25) is 9.59 Å². The van der Waals surface area contributed by atoms with Crippen LogP contribution in [0.4, 0.5) is 18.4 Å². The Morgan fingerprint density at radius 1 is 0.632 bits per heavy atom. The first kappa shape index (κ1) is 59.3. The summed E-state index contributed by atoms with van der Waals surface area (Å²) in [5, 5.41) is 61.4. The van der Waals surface area contributed by atoms with E-state index in [-0.39, 0.29) is 23.3 Å². The normalized spacial score (nSPS) is 13.9. The Morgan fingerprint density at radius 3 is 1.37 bits per heavy atom. The number of carbonyl (C=O) groups excluding carboxylic acids is 2. The maximum Gasteiger partial charge on any atom is 0.491 e. The second-order valence-corrected chi connectivity index (χ2v) is 20.3. The molecule has 0 saturated heterocycles. The summed E-state index contributed by atoms with van der Waals surface area (Å²) in [6.45, 7) is 12.2. The fourth-order valence-corrected chi connectivity index (χ4v) is 6.88. The van der Waals surface area contributed by atoms with E-state index in [0.29, 0.717) is 29.0 Å². The number of ether oxygens (including phenoxy) is 2. The highest BCUT2D eigenvalue weighted by Gasteiger charge is 2.37. The van der Waals surface area contributed by atoms with Crippen LogP contribution in [0.15, 0.2) is 89.4 Å². The van der Waals surface area contributed by atoms with Crippen LogP contribution in [0, 0.1) is 22.5 Å². The van der Waals surface area contributed by atoms with E-state index < -0.39 is 90.2 Å². The number of hydrogen-bond acceptors (Lipinski definition) is 10. The van der Waals surface area contributed by atoms with Gasteiger partial charge in [-0.1, -0.05) is 75.5 Å². The van der Waals surface area contributed by atoms with Crippen molar-refractivity contribution in [1.29, 1.82) is 0 Å². The Kier molecular flexibility index (Phi) is 22.9. The molecule has 0 saturated carbocycles. The predicted molar refractivity (Wildman–Crippen MR) is 261 cm³/mol. The monoisotopic (exact) mass is 1050 g/mol. The summed E-state index contributed by atoms with van der Waals surface area (Å²) in [5.41, 5.74) is -1.64. The smallest absolute Gasteiger partial charge is 0.481 e. The van der Waals surface area contributed by atoms with Gasteiger partial charge >= 0.3 is 31.2 Å². The van der Waals surface area contributed by atoms with Crippen LogP contribution in [0.3, 0.4) is 0 Å². The number of carboxylic acids is 2.